The molecule has 1 N–H and O–H groups in total. The molecule has 2 aromatic carbocycles. The second-order valence-electron chi connectivity index (χ2n) is 4.60. The van der Waals surface area contributed by atoms with Gasteiger partial charge in [-0.3, -0.25) is 0 Å². The summed E-state index contributed by atoms with van der Waals surface area (Å²) in [6.07, 6.45) is -0.670. The van der Waals surface area contributed by atoms with E-state index in [0.29, 0.717) is 5.82 Å². The van der Waals surface area contributed by atoms with Crippen molar-refractivity contribution < 1.29 is 5.11 Å². The highest BCUT2D eigenvalue weighted by Crippen LogP contribution is 2.18. The number of halogens is 1. The van der Waals surface area contributed by atoms with Gasteiger partial charge < -0.3 is 5.11 Å². The molecular formula is C15H13BrN4O. The summed E-state index contributed by atoms with van der Waals surface area (Å²) in [4.78, 5) is 1.41. The monoisotopic (exact) mass is 344 g/mol. The number of benzene rings is 2. The van der Waals surface area contributed by atoms with E-state index in [2.05, 4.69) is 31.3 Å². The van der Waals surface area contributed by atoms with Crippen LogP contribution in [-0.2, 0) is 6.54 Å². The zero-order valence-corrected chi connectivity index (χ0v) is 12.7. The van der Waals surface area contributed by atoms with Gasteiger partial charge in [0.2, 0.25) is 5.82 Å². The quantitative estimate of drug-likeness (QED) is 0.790. The molecule has 0 bridgehead atoms. The van der Waals surface area contributed by atoms with E-state index in [1.807, 2.05) is 54.6 Å². The van der Waals surface area contributed by atoms with Crippen LogP contribution in [0.4, 0.5) is 0 Å². The Hall–Kier alpha value is -2.05. The first kappa shape index (κ1) is 13.9. The molecule has 0 spiro atoms. The van der Waals surface area contributed by atoms with Crippen molar-refractivity contribution >= 4 is 15.9 Å². The highest BCUT2D eigenvalue weighted by Gasteiger charge is 2.11. The van der Waals surface area contributed by atoms with Gasteiger partial charge in [0, 0.05) is 10.0 Å². The molecule has 1 atom stereocenters. The second-order valence-corrected chi connectivity index (χ2v) is 5.52. The summed E-state index contributed by atoms with van der Waals surface area (Å²) in [7, 11) is 0. The summed E-state index contributed by atoms with van der Waals surface area (Å²) in [6, 6.07) is 17.1. The summed E-state index contributed by atoms with van der Waals surface area (Å²) in [6.45, 7) is 0.265. The van der Waals surface area contributed by atoms with Gasteiger partial charge in [-0.1, -0.05) is 58.4 Å². The van der Waals surface area contributed by atoms with E-state index in [1.165, 1.54) is 4.80 Å². The molecule has 21 heavy (non-hydrogen) atoms. The van der Waals surface area contributed by atoms with Crippen LogP contribution in [0.1, 0.15) is 11.7 Å². The number of aromatic nitrogens is 4. The lowest BCUT2D eigenvalue weighted by Gasteiger charge is -2.09. The minimum absolute atomic E-state index is 0.265. The molecule has 106 valence electrons. The van der Waals surface area contributed by atoms with Gasteiger partial charge in [0.15, 0.2) is 0 Å². The van der Waals surface area contributed by atoms with Crippen LogP contribution in [0.15, 0.2) is 59.1 Å². The molecule has 1 unspecified atom stereocenters. The van der Waals surface area contributed by atoms with Crippen LogP contribution in [0.3, 0.4) is 0 Å². The Morgan fingerprint density at radius 2 is 1.76 bits per heavy atom. The van der Waals surface area contributed by atoms with Crippen molar-refractivity contribution in [3.63, 3.8) is 0 Å². The van der Waals surface area contributed by atoms with E-state index >= 15 is 0 Å². The van der Waals surface area contributed by atoms with Crippen molar-refractivity contribution in [2.24, 2.45) is 0 Å². The number of nitrogens with zero attached hydrogens (tertiary/aromatic N) is 4. The van der Waals surface area contributed by atoms with Crippen LogP contribution < -0.4 is 0 Å². The van der Waals surface area contributed by atoms with Crippen molar-refractivity contribution in [2.75, 3.05) is 0 Å². The molecule has 6 heteroatoms. The van der Waals surface area contributed by atoms with E-state index in [9.17, 15) is 5.11 Å². The molecule has 0 saturated carbocycles. The average Bonchev–Trinajstić information content (AvgIpc) is 2.97. The fourth-order valence-electron chi connectivity index (χ4n) is 1.97. The third-order valence-electron chi connectivity index (χ3n) is 3.08. The van der Waals surface area contributed by atoms with Gasteiger partial charge in [-0.25, -0.2) is 0 Å². The topological polar surface area (TPSA) is 63.8 Å². The van der Waals surface area contributed by atoms with Crippen molar-refractivity contribution in [1.82, 2.24) is 20.2 Å². The number of hydrogen-bond acceptors (Lipinski definition) is 4. The first-order chi connectivity index (χ1) is 10.2. The molecule has 0 aliphatic carbocycles. The van der Waals surface area contributed by atoms with Crippen LogP contribution in [0.2, 0.25) is 0 Å². The third-order valence-corrected chi connectivity index (χ3v) is 3.60. The number of tetrazole rings is 1. The normalized spacial score (nSPS) is 12.3. The van der Waals surface area contributed by atoms with Crippen LogP contribution in [0.25, 0.3) is 11.4 Å². The minimum Gasteiger partial charge on any atom is -0.386 e. The Morgan fingerprint density at radius 1 is 1.05 bits per heavy atom. The van der Waals surface area contributed by atoms with Crippen LogP contribution in [0, 0.1) is 0 Å². The largest absolute Gasteiger partial charge is 0.386 e. The van der Waals surface area contributed by atoms with Gasteiger partial charge in [-0.05, 0) is 22.9 Å². The van der Waals surface area contributed by atoms with Crippen molar-refractivity contribution in [3.8, 4) is 11.4 Å². The van der Waals surface area contributed by atoms with Crippen LogP contribution in [0.5, 0.6) is 0 Å². The number of rotatable bonds is 4. The molecule has 0 saturated heterocycles. The number of hydrogen-bond donors (Lipinski definition) is 1. The van der Waals surface area contributed by atoms with Gasteiger partial charge in [-0.2, -0.15) is 4.80 Å². The molecule has 1 heterocycles. The average molecular weight is 345 g/mol. The summed E-state index contributed by atoms with van der Waals surface area (Å²) in [5, 5.41) is 22.5. The molecule has 5 nitrogen and oxygen atoms in total. The lowest BCUT2D eigenvalue weighted by Crippen LogP contribution is -2.11. The zero-order valence-electron chi connectivity index (χ0n) is 11.1. The number of aliphatic hydroxyl groups excluding tert-OH is 1. The van der Waals surface area contributed by atoms with Gasteiger partial charge in [0.05, 0.1) is 6.54 Å². The van der Waals surface area contributed by atoms with E-state index in [1.54, 1.807) is 0 Å². The van der Waals surface area contributed by atoms with Crippen LogP contribution >= 0.6 is 15.9 Å². The maximum Gasteiger partial charge on any atom is 0.204 e. The summed E-state index contributed by atoms with van der Waals surface area (Å²) >= 11 is 3.37. The molecule has 0 amide bonds. The molecule has 3 aromatic rings. The Morgan fingerprint density at radius 3 is 2.48 bits per heavy atom. The molecule has 3 rings (SSSR count). The predicted octanol–water partition coefficient (Wildman–Crippen LogP) is 2.84. The Balaban J connectivity index is 1.74. The number of aliphatic hydroxyl groups is 1. The van der Waals surface area contributed by atoms with Gasteiger partial charge in [-0.15, -0.1) is 10.2 Å². The van der Waals surface area contributed by atoms with Crippen LogP contribution in [-0.4, -0.2) is 25.3 Å². The van der Waals surface area contributed by atoms with E-state index < -0.39 is 6.10 Å². The van der Waals surface area contributed by atoms with Crippen molar-refractivity contribution in [3.05, 3.63) is 64.6 Å². The Labute approximate surface area is 130 Å². The standard InChI is InChI=1S/C15H13BrN4O/c16-13-8-6-11(7-9-13)14(21)10-20-18-15(17-19-20)12-4-2-1-3-5-12/h1-9,14,21H,10H2. The van der Waals surface area contributed by atoms with Crippen molar-refractivity contribution in [1.29, 1.82) is 0 Å². The first-order valence-corrected chi connectivity index (χ1v) is 7.28. The van der Waals surface area contributed by atoms with Gasteiger partial charge in [0.25, 0.3) is 0 Å². The van der Waals surface area contributed by atoms with E-state index in [4.69, 9.17) is 0 Å². The second kappa shape index (κ2) is 6.15. The Kier molecular flexibility index (Phi) is 4.08. The maximum absolute atomic E-state index is 10.2. The first-order valence-electron chi connectivity index (χ1n) is 6.49. The lowest BCUT2D eigenvalue weighted by atomic mass is 10.1. The van der Waals surface area contributed by atoms with Gasteiger partial charge in [0.1, 0.15) is 6.10 Å². The highest BCUT2D eigenvalue weighted by molar-refractivity contribution is 9.10. The highest BCUT2D eigenvalue weighted by atomic mass is 79.9. The van der Waals surface area contributed by atoms with E-state index in [0.717, 1.165) is 15.6 Å². The minimum atomic E-state index is -0.670. The molecular weight excluding hydrogens is 332 g/mol. The summed E-state index contributed by atoms with van der Waals surface area (Å²) < 4.78 is 0.976. The SMILES string of the molecule is OC(Cn1nnc(-c2ccccc2)n1)c1ccc(Br)cc1. The molecule has 0 radical (unpaired) electrons. The lowest BCUT2D eigenvalue weighted by molar-refractivity contribution is 0.144. The third kappa shape index (κ3) is 3.34. The predicted molar refractivity (Wildman–Crippen MR) is 82.4 cm³/mol. The van der Waals surface area contributed by atoms with Gasteiger partial charge >= 0.3 is 0 Å². The zero-order chi connectivity index (χ0) is 14.7. The molecule has 1 aromatic heterocycles. The fraction of sp³-hybridized carbons (Fsp3) is 0.133. The summed E-state index contributed by atoms with van der Waals surface area (Å²) in [5.74, 6) is 0.554. The van der Waals surface area contributed by atoms with E-state index in [-0.39, 0.29) is 6.54 Å². The molecule has 0 fully saturated rings. The maximum atomic E-state index is 10.2. The fourth-order valence-corrected chi connectivity index (χ4v) is 2.23. The smallest absolute Gasteiger partial charge is 0.204 e. The Bertz CT molecular complexity index is 712. The molecule has 0 aliphatic rings. The molecule has 0 aliphatic heterocycles. The summed E-state index contributed by atoms with van der Waals surface area (Å²) in [5.41, 5.74) is 1.72. The van der Waals surface area contributed by atoms with Crippen molar-refractivity contribution in [2.45, 2.75) is 12.6 Å².